The molecule has 0 aliphatic heterocycles. The van der Waals surface area contributed by atoms with E-state index in [1.165, 1.54) is 12.1 Å². The summed E-state index contributed by atoms with van der Waals surface area (Å²) in [5.74, 6) is -3.67. The number of amides is 1. The van der Waals surface area contributed by atoms with Gasteiger partial charge in [-0.3, -0.25) is 4.79 Å². The summed E-state index contributed by atoms with van der Waals surface area (Å²) >= 11 is 5.67. The second-order valence-corrected chi connectivity index (χ2v) is 8.12. The van der Waals surface area contributed by atoms with Crippen LogP contribution in [0.5, 0.6) is 5.75 Å². The van der Waals surface area contributed by atoms with Crippen LogP contribution in [-0.2, 0) is 5.60 Å². The molecule has 31 heavy (non-hydrogen) atoms. The Kier molecular flexibility index (Phi) is 6.00. The van der Waals surface area contributed by atoms with E-state index in [1.807, 2.05) is 13.8 Å². The summed E-state index contributed by atoms with van der Waals surface area (Å²) in [6, 6.07) is 5.36. The molecule has 2 N–H and O–H groups in total. The summed E-state index contributed by atoms with van der Waals surface area (Å²) in [4.78, 5) is 11.3. The number of hydrogen-bond acceptors (Lipinski definition) is 4. The lowest BCUT2D eigenvalue weighted by molar-refractivity contribution is 0.0814. The number of nitrogens with two attached hydrogens (primary N) is 1. The highest BCUT2D eigenvalue weighted by atomic mass is 35.5. The Morgan fingerprint density at radius 1 is 1.10 bits per heavy atom. The molecule has 0 atom stereocenters. The third-order valence-corrected chi connectivity index (χ3v) is 4.78. The molecule has 0 bridgehead atoms. The van der Waals surface area contributed by atoms with Crippen molar-refractivity contribution < 1.29 is 22.7 Å². The summed E-state index contributed by atoms with van der Waals surface area (Å²) in [5, 5.41) is 8.09. The highest BCUT2D eigenvalue weighted by Crippen LogP contribution is 2.35. The predicted molar refractivity (Wildman–Crippen MR) is 109 cm³/mol. The number of primary amides is 1. The van der Waals surface area contributed by atoms with Gasteiger partial charge in [0.2, 0.25) is 5.91 Å². The zero-order chi connectivity index (χ0) is 23.1. The van der Waals surface area contributed by atoms with Gasteiger partial charge in [0.05, 0.1) is 5.56 Å². The summed E-state index contributed by atoms with van der Waals surface area (Å²) < 4.78 is 50.5. The van der Waals surface area contributed by atoms with Crippen molar-refractivity contribution in [2.75, 3.05) is 0 Å². The molecule has 1 aromatic heterocycles. The van der Waals surface area contributed by atoms with Crippen molar-refractivity contribution in [3.05, 3.63) is 64.2 Å². The summed E-state index contributed by atoms with van der Waals surface area (Å²) in [6.45, 7) is 6.73. The molecule has 0 unspecified atom stereocenters. The van der Waals surface area contributed by atoms with Crippen molar-refractivity contribution in [1.29, 1.82) is 0 Å². The summed E-state index contributed by atoms with van der Waals surface area (Å²) in [6.07, 6.45) is 0. The Hall–Kier alpha value is -3.07. The van der Waals surface area contributed by atoms with Gasteiger partial charge in [-0.15, -0.1) is 10.2 Å². The van der Waals surface area contributed by atoms with Crippen molar-refractivity contribution in [1.82, 2.24) is 14.8 Å². The maximum Gasteiger partial charge on any atom is 0.248 e. The number of ether oxygens (including phenoxy) is 1. The van der Waals surface area contributed by atoms with E-state index in [-0.39, 0.29) is 33.8 Å². The molecule has 0 aliphatic carbocycles. The lowest BCUT2D eigenvalue weighted by Crippen LogP contribution is -2.31. The Morgan fingerprint density at radius 3 is 2.23 bits per heavy atom. The Bertz CT molecular complexity index is 1140. The highest BCUT2D eigenvalue weighted by molar-refractivity contribution is 6.30. The van der Waals surface area contributed by atoms with E-state index in [1.54, 1.807) is 18.4 Å². The minimum atomic E-state index is -1.35. The van der Waals surface area contributed by atoms with Gasteiger partial charge in [0, 0.05) is 16.6 Å². The first-order valence-corrected chi connectivity index (χ1v) is 9.69. The maximum atomic E-state index is 14.7. The fraction of sp³-hybridized carbons (Fsp3) is 0.286. The highest BCUT2D eigenvalue weighted by Gasteiger charge is 2.34. The molecule has 164 valence electrons. The number of aromatic nitrogens is 3. The molecule has 1 heterocycles. The lowest BCUT2D eigenvalue weighted by Gasteiger charge is -2.28. The van der Waals surface area contributed by atoms with Crippen LogP contribution in [0.1, 0.15) is 49.9 Å². The van der Waals surface area contributed by atoms with E-state index in [0.29, 0.717) is 0 Å². The first-order valence-electron chi connectivity index (χ1n) is 9.31. The van der Waals surface area contributed by atoms with Gasteiger partial charge in [-0.2, -0.15) is 0 Å². The van der Waals surface area contributed by atoms with Gasteiger partial charge in [0.25, 0.3) is 0 Å². The molecular weight excluding hydrogens is 433 g/mol. The lowest BCUT2D eigenvalue weighted by atomic mass is 10.1. The third-order valence-electron chi connectivity index (χ3n) is 4.57. The van der Waals surface area contributed by atoms with Gasteiger partial charge in [-0.05, 0) is 58.0 Å². The molecule has 2 aromatic carbocycles. The number of carbonyl (C=O) groups is 1. The van der Waals surface area contributed by atoms with Crippen LogP contribution in [0.4, 0.5) is 13.2 Å². The third kappa shape index (κ3) is 4.36. The van der Waals surface area contributed by atoms with Crippen LogP contribution in [-0.4, -0.2) is 20.7 Å². The van der Waals surface area contributed by atoms with Crippen LogP contribution in [0.25, 0.3) is 11.4 Å². The van der Waals surface area contributed by atoms with Gasteiger partial charge in [-0.1, -0.05) is 11.6 Å². The molecule has 1 amide bonds. The van der Waals surface area contributed by atoms with E-state index in [0.717, 1.165) is 18.2 Å². The average molecular weight is 453 g/mol. The number of carbonyl (C=O) groups excluding carboxylic acids is 1. The van der Waals surface area contributed by atoms with Crippen LogP contribution < -0.4 is 10.5 Å². The first kappa shape index (κ1) is 22.6. The number of rotatable bonds is 6. The number of nitrogens with zero attached hydrogens (tertiary/aromatic N) is 3. The van der Waals surface area contributed by atoms with Crippen molar-refractivity contribution >= 4 is 17.5 Å². The minimum absolute atomic E-state index is 0.00874. The SMILES string of the molecule is CC(C)n1c(-c2ccc(C(N)=O)cc2F)nnc1C(C)(C)Oc1c(F)cc(Cl)cc1F. The Morgan fingerprint density at radius 2 is 1.71 bits per heavy atom. The molecule has 0 saturated carbocycles. The molecule has 0 aliphatic rings. The van der Waals surface area contributed by atoms with Gasteiger partial charge in [0.1, 0.15) is 5.82 Å². The largest absolute Gasteiger partial charge is 0.474 e. The smallest absolute Gasteiger partial charge is 0.248 e. The van der Waals surface area contributed by atoms with Gasteiger partial charge < -0.3 is 15.0 Å². The van der Waals surface area contributed by atoms with E-state index in [9.17, 15) is 18.0 Å². The topological polar surface area (TPSA) is 83.0 Å². The summed E-state index contributed by atoms with van der Waals surface area (Å²) in [5.41, 5.74) is 3.93. The molecule has 0 saturated heterocycles. The van der Waals surface area contributed by atoms with Crippen molar-refractivity contribution in [2.45, 2.75) is 39.3 Å². The number of halogens is 4. The second-order valence-electron chi connectivity index (χ2n) is 7.68. The van der Waals surface area contributed by atoms with E-state index < -0.39 is 34.7 Å². The standard InChI is InChI=1S/C21H20ClF3N4O2/c1-10(2)29-19(13-6-5-11(18(26)30)7-14(13)23)27-28-20(29)21(3,4)31-17-15(24)8-12(22)9-16(17)25/h5-10H,1-4H3,(H2,26,30). The second kappa shape index (κ2) is 8.22. The van der Waals surface area contributed by atoms with E-state index >= 15 is 0 Å². The first-order chi connectivity index (χ1) is 14.4. The minimum Gasteiger partial charge on any atom is -0.474 e. The zero-order valence-corrected chi connectivity index (χ0v) is 18.0. The van der Waals surface area contributed by atoms with E-state index in [2.05, 4.69) is 10.2 Å². The number of benzene rings is 2. The van der Waals surface area contributed by atoms with Crippen LogP contribution in [0.3, 0.4) is 0 Å². The normalized spacial score (nSPS) is 11.8. The molecule has 0 fully saturated rings. The van der Waals surface area contributed by atoms with Crippen LogP contribution in [0, 0.1) is 17.5 Å². The molecule has 0 radical (unpaired) electrons. The maximum absolute atomic E-state index is 14.7. The van der Waals surface area contributed by atoms with Gasteiger partial charge in [-0.25, -0.2) is 13.2 Å². The predicted octanol–water partition coefficient (Wildman–Crippen LogP) is 5.01. The van der Waals surface area contributed by atoms with Gasteiger partial charge in [0.15, 0.2) is 34.6 Å². The van der Waals surface area contributed by atoms with Crippen LogP contribution in [0.15, 0.2) is 30.3 Å². The molecule has 10 heteroatoms. The average Bonchev–Trinajstić information content (AvgIpc) is 3.10. The summed E-state index contributed by atoms with van der Waals surface area (Å²) in [7, 11) is 0. The molecule has 0 spiro atoms. The fourth-order valence-electron chi connectivity index (χ4n) is 3.15. The Labute approximate surface area is 181 Å². The quantitative estimate of drug-likeness (QED) is 0.570. The van der Waals surface area contributed by atoms with Crippen LogP contribution >= 0.6 is 11.6 Å². The van der Waals surface area contributed by atoms with Gasteiger partial charge >= 0.3 is 0 Å². The monoisotopic (exact) mass is 452 g/mol. The van der Waals surface area contributed by atoms with E-state index in [4.69, 9.17) is 22.1 Å². The van der Waals surface area contributed by atoms with Crippen LogP contribution in [0.2, 0.25) is 5.02 Å². The molecular formula is C21H20ClF3N4O2. The molecule has 6 nitrogen and oxygen atoms in total. The zero-order valence-electron chi connectivity index (χ0n) is 17.2. The number of hydrogen-bond donors (Lipinski definition) is 1. The fourth-order valence-corrected chi connectivity index (χ4v) is 3.34. The van der Waals surface area contributed by atoms with Crippen molar-refractivity contribution in [3.63, 3.8) is 0 Å². The van der Waals surface area contributed by atoms with Crippen molar-refractivity contribution in [2.24, 2.45) is 5.73 Å². The Balaban J connectivity index is 2.09. The van der Waals surface area contributed by atoms with Crippen molar-refractivity contribution in [3.8, 4) is 17.1 Å². The molecule has 3 aromatic rings. The molecule has 3 rings (SSSR count).